The van der Waals surface area contributed by atoms with Crippen LogP contribution < -0.4 is 4.72 Å². The molecule has 2 aromatic rings. The molecule has 21 heavy (non-hydrogen) atoms. The Balaban J connectivity index is 2.41. The maximum absolute atomic E-state index is 12.3. The summed E-state index contributed by atoms with van der Waals surface area (Å²) in [5.74, 6) is -0.520. The lowest BCUT2D eigenvalue weighted by Gasteiger charge is -2.12. The minimum atomic E-state index is -3.77. The van der Waals surface area contributed by atoms with Gasteiger partial charge in [0.05, 0.1) is 30.3 Å². The highest BCUT2D eigenvalue weighted by Gasteiger charge is 2.21. The first kappa shape index (κ1) is 15.0. The Morgan fingerprint density at radius 3 is 2.62 bits per heavy atom. The Morgan fingerprint density at radius 1 is 1.33 bits per heavy atom. The first-order valence-electron chi connectivity index (χ1n) is 6.07. The highest BCUT2D eigenvalue weighted by atomic mass is 32.2. The molecule has 0 aliphatic carbocycles. The van der Waals surface area contributed by atoms with Crippen LogP contribution in [0.2, 0.25) is 0 Å². The van der Waals surface area contributed by atoms with Crippen molar-refractivity contribution in [1.29, 1.82) is 0 Å². The van der Waals surface area contributed by atoms with E-state index in [4.69, 9.17) is 0 Å². The minimum absolute atomic E-state index is 0.0605. The average molecular weight is 309 g/mol. The molecule has 2 N–H and O–H groups in total. The molecule has 0 amide bonds. The lowest BCUT2D eigenvalue weighted by atomic mass is 10.1. The van der Waals surface area contributed by atoms with Crippen molar-refractivity contribution < 1.29 is 17.9 Å². The van der Waals surface area contributed by atoms with Crippen LogP contribution in [-0.4, -0.2) is 31.7 Å². The summed E-state index contributed by atoms with van der Waals surface area (Å²) in [6, 6.07) is 4.73. The van der Waals surface area contributed by atoms with Crippen LogP contribution in [0.4, 0.5) is 5.69 Å². The molecule has 1 aromatic carbocycles. The van der Waals surface area contributed by atoms with Gasteiger partial charge in [0.2, 0.25) is 0 Å². The summed E-state index contributed by atoms with van der Waals surface area (Å²) in [5, 5.41) is 6.26. The zero-order chi connectivity index (χ0) is 15.6. The molecule has 1 heterocycles. The summed E-state index contributed by atoms with van der Waals surface area (Å²) in [6.07, 6.45) is 1.23. The Kier molecular flexibility index (Phi) is 3.99. The van der Waals surface area contributed by atoms with Crippen molar-refractivity contribution in [2.45, 2.75) is 18.7 Å². The van der Waals surface area contributed by atoms with Crippen LogP contribution in [0.25, 0.3) is 0 Å². The zero-order valence-corrected chi connectivity index (χ0v) is 12.6. The van der Waals surface area contributed by atoms with Crippen molar-refractivity contribution >= 4 is 21.7 Å². The lowest BCUT2D eigenvalue weighted by Crippen LogP contribution is -2.15. The van der Waals surface area contributed by atoms with Crippen LogP contribution in [0.1, 0.15) is 21.6 Å². The fourth-order valence-electron chi connectivity index (χ4n) is 1.89. The number of rotatable bonds is 4. The van der Waals surface area contributed by atoms with E-state index < -0.39 is 16.0 Å². The SMILES string of the molecule is COC(=O)c1cccc(NS(=O)(=O)c2cn[nH]c2C)c1C. The van der Waals surface area contributed by atoms with Crippen molar-refractivity contribution in [1.82, 2.24) is 10.2 Å². The normalized spacial score (nSPS) is 11.2. The maximum Gasteiger partial charge on any atom is 0.338 e. The third kappa shape index (κ3) is 2.89. The number of nitrogens with one attached hydrogen (secondary N) is 2. The lowest BCUT2D eigenvalue weighted by molar-refractivity contribution is 0.0600. The van der Waals surface area contributed by atoms with Crippen LogP contribution in [0.5, 0.6) is 0 Å². The molecule has 0 unspecified atom stereocenters. The summed E-state index contributed by atoms with van der Waals surface area (Å²) in [7, 11) is -2.50. The third-order valence-corrected chi connectivity index (χ3v) is 4.54. The largest absolute Gasteiger partial charge is 0.465 e. The molecule has 2 rings (SSSR count). The van der Waals surface area contributed by atoms with Gasteiger partial charge in [-0.2, -0.15) is 5.10 Å². The van der Waals surface area contributed by atoms with E-state index in [1.807, 2.05) is 0 Å². The van der Waals surface area contributed by atoms with Crippen molar-refractivity contribution in [3.05, 3.63) is 41.2 Å². The number of aromatic nitrogens is 2. The third-order valence-electron chi connectivity index (χ3n) is 3.06. The van der Waals surface area contributed by atoms with E-state index in [0.717, 1.165) is 0 Å². The molecule has 0 bridgehead atoms. The summed E-state index contributed by atoms with van der Waals surface area (Å²) < 4.78 is 31.7. The molecular weight excluding hydrogens is 294 g/mol. The molecule has 8 heteroatoms. The number of anilines is 1. The van der Waals surface area contributed by atoms with Gasteiger partial charge in [-0.15, -0.1) is 0 Å². The van der Waals surface area contributed by atoms with Crippen LogP contribution >= 0.6 is 0 Å². The zero-order valence-electron chi connectivity index (χ0n) is 11.8. The van der Waals surface area contributed by atoms with E-state index in [0.29, 0.717) is 22.5 Å². The number of carbonyl (C=O) groups excluding carboxylic acids is 1. The van der Waals surface area contributed by atoms with Gasteiger partial charge in [0.25, 0.3) is 10.0 Å². The Labute approximate surface area is 122 Å². The topological polar surface area (TPSA) is 101 Å². The number of aryl methyl sites for hydroxylation is 1. The predicted molar refractivity (Wildman–Crippen MR) is 76.7 cm³/mol. The number of hydrogen-bond donors (Lipinski definition) is 2. The van der Waals surface area contributed by atoms with Crippen LogP contribution in [0, 0.1) is 13.8 Å². The van der Waals surface area contributed by atoms with E-state index >= 15 is 0 Å². The number of methoxy groups -OCH3 is 1. The fraction of sp³-hybridized carbons (Fsp3) is 0.231. The van der Waals surface area contributed by atoms with E-state index in [9.17, 15) is 13.2 Å². The average Bonchev–Trinajstić information content (AvgIpc) is 2.87. The van der Waals surface area contributed by atoms with Crippen molar-refractivity contribution in [2.24, 2.45) is 0 Å². The number of aromatic amines is 1. The summed E-state index contributed by atoms with van der Waals surface area (Å²) in [5.41, 5.74) is 1.55. The number of H-pyrrole nitrogens is 1. The Hall–Kier alpha value is -2.35. The summed E-state index contributed by atoms with van der Waals surface area (Å²) in [6.45, 7) is 3.26. The van der Waals surface area contributed by atoms with Crippen molar-refractivity contribution in [3.63, 3.8) is 0 Å². The van der Waals surface area contributed by atoms with E-state index in [1.165, 1.54) is 13.3 Å². The van der Waals surface area contributed by atoms with Crippen LogP contribution in [0.3, 0.4) is 0 Å². The highest BCUT2D eigenvalue weighted by Crippen LogP contribution is 2.23. The number of sulfonamides is 1. The number of nitrogens with zero attached hydrogens (tertiary/aromatic N) is 1. The fourth-order valence-corrected chi connectivity index (χ4v) is 3.15. The van der Waals surface area contributed by atoms with Crippen molar-refractivity contribution in [3.8, 4) is 0 Å². The molecule has 0 aliphatic heterocycles. The van der Waals surface area contributed by atoms with Gasteiger partial charge < -0.3 is 4.74 Å². The molecule has 0 fully saturated rings. The predicted octanol–water partition coefficient (Wildman–Crippen LogP) is 1.61. The second kappa shape index (κ2) is 5.57. The molecule has 0 saturated carbocycles. The quantitative estimate of drug-likeness (QED) is 0.836. The van der Waals surface area contributed by atoms with Gasteiger partial charge in [-0.05, 0) is 31.5 Å². The summed E-state index contributed by atoms with van der Waals surface area (Å²) >= 11 is 0. The first-order valence-corrected chi connectivity index (χ1v) is 7.56. The first-order chi connectivity index (χ1) is 9.86. The number of benzene rings is 1. The molecular formula is C13H15N3O4S. The number of hydrogen-bond acceptors (Lipinski definition) is 5. The molecule has 0 aliphatic rings. The Bertz CT molecular complexity index is 780. The molecule has 0 saturated heterocycles. The Morgan fingerprint density at radius 2 is 2.05 bits per heavy atom. The molecule has 0 spiro atoms. The van der Waals surface area contributed by atoms with Crippen LogP contribution in [0.15, 0.2) is 29.3 Å². The van der Waals surface area contributed by atoms with Gasteiger partial charge in [-0.3, -0.25) is 9.82 Å². The molecule has 7 nitrogen and oxygen atoms in total. The summed E-state index contributed by atoms with van der Waals surface area (Å²) in [4.78, 5) is 11.7. The monoisotopic (exact) mass is 309 g/mol. The number of ether oxygens (including phenoxy) is 1. The van der Waals surface area contributed by atoms with Gasteiger partial charge in [0, 0.05) is 0 Å². The van der Waals surface area contributed by atoms with E-state index in [1.54, 1.807) is 32.0 Å². The van der Waals surface area contributed by atoms with Gasteiger partial charge in [-0.25, -0.2) is 13.2 Å². The second-order valence-electron chi connectivity index (χ2n) is 4.43. The van der Waals surface area contributed by atoms with E-state index in [-0.39, 0.29) is 4.90 Å². The molecule has 1 aromatic heterocycles. The van der Waals surface area contributed by atoms with Crippen LogP contribution in [-0.2, 0) is 14.8 Å². The maximum atomic E-state index is 12.3. The molecule has 0 atom stereocenters. The number of esters is 1. The molecule has 0 radical (unpaired) electrons. The van der Waals surface area contributed by atoms with E-state index in [2.05, 4.69) is 19.7 Å². The number of carbonyl (C=O) groups is 1. The second-order valence-corrected chi connectivity index (χ2v) is 6.09. The standard InChI is InChI=1S/C13H15N3O4S/c1-8-10(13(17)20-3)5-4-6-11(8)16-21(18,19)12-7-14-15-9(12)2/h4-7,16H,1-3H3,(H,14,15). The van der Waals surface area contributed by atoms with Gasteiger partial charge in [0.15, 0.2) is 0 Å². The molecule has 112 valence electrons. The van der Waals surface area contributed by atoms with Gasteiger partial charge in [-0.1, -0.05) is 6.07 Å². The smallest absolute Gasteiger partial charge is 0.338 e. The van der Waals surface area contributed by atoms with Crippen molar-refractivity contribution in [2.75, 3.05) is 11.8 Å². The highest BCUT2D eigenvalue weighted by molar-refractivity contribution is 7.92. The van der Waals surface area contributed by atoms with Gasteiger partial charge in [0.1, 0.15) is 4.90 Å². The minimum Gasteiger partial charge on any atom is -0.465 e. The van der Waals surface area contributed by atoms with Gasteiger partial charge >= 0.3 is 5.97 Å².